The van der Waals surface area contributed by atoms with E-state index in [9.17, 15) is 10.2 Å². The molecule has 192 valence electrons. The lowest BCUT2D eigenvalue weighted by atomic mass is 9.85. The predicted molar refractivity (Wildman–Crippen MR) is 167 cm³/mol. The average molecular weight is 528 g/mol. The number of hydrogen-bond donors (Lipinski definition) is 2. The van der Waals surface area contributed by atoms with Gasteiger partial charge in [0.1, 0.15) is 5.52 Å². The highest BCUT2D eigenvalue weighted by Crippen LogP contribution is 2.42. The molecule has 39 heavy (non-hydrogen) atoms. The number of phenols is 2. The second-order valence-corrected chi connectivity index (χ2v) is 11.8. The maximum Gasteiger partial charge on any atom is 0.182 e. The van der Waals surface area contributed by atoms with Crippen LogP contribution in [-0.2, 0) is 5.41 Å². The highest BCUT2D eigenvalue weighted by molar-refractivity contribution is 7.36. The van der Waals surface area contributed by atoms with Gasteiger partial charge in [-0.2, -0.15) is 0 Å². The van der Waals surface area contributed by atoms with Crippen molar-refractivity contribution >= 4 is 51.3 Å². The third kappa shape index (κ3) is 4.39. The first-order chi connectivity index (χ1) is 18.8. The summed E-state index contributed by atoms with van der Waals surface area (Å²) < 4.78 is 2.06. The fraction of sp³-hybridized carbons (Fsp3) is 0.114. The lowest BCUT2D eigenvalue weighted by Gasteiger charge is -2.24. The van der Waals surface area contributed by atoms with Crippen molar-refractivity contribution in [2.24, 2.45) is 0 Å². The summed E-state index contributed by atoms with van der Waals surface area (Å²) in [4.78, 5) is 0. The largest absolute Gasteiger partial charge is 0.504 e. The fourth-order valence-corrected chi connectivity index (χ4v) is 6.24. The molecule has 0 aliphatic heterocycles. The highest BCUT2D eigenvalue weighted by Gasteiger charge is 2.23. The summed E-state index contributed by atoms with van der Waals surface area (Å²) in [5.74, 6) is 1.99. The molecule has 0 amide bonds. The fourth-order valence-electron chi connectivity index (χ4n) is 5.42. The molecule has 0 unspecified atom stereocenters. The molecule has 3 nitrogen and oxygen atoms in total. The van der Waals surface area contributed by atoms with Crippen LogP contribution in [0.1, 0.15) is 26.3 Å². The van der Waals surface area contributed by atoms with Crippen molar-refractivity contribution in [3.05, 3.63) is 121 Å². The van der Waals surface area contributed by atoms with Gasteiger partial charge in [-0.05, 0) is 63.3 Å². The molecular weight excluding hydrogens is 497 g/mol. The summed E-state index contributed by atoms with van der Waals surface area (Å²) >= 11 is 0. The summed E-state index contributed by atoms with van der Waals surface area (Å²) in [5, 5.41) is 28.2. The first-order valence-corrected chi connectivity index (χ1v) is 14.1. The summed E-state index contributed by atoms with van der Waals surface area (Å²) in [7, 11) is 1.31. The Morgan fingerprint density at radius 2 is 1.31 bits per heavy atom. The molecule has 2 aromatic heterocycles. The van der Waals surface area contributed by atoms with Crippen LogP contribution in [0.3, 0.4) is 0 Å². The molecular formula is C35H30NO2P. The van der Waals surface area contributed by atoms with Crippen LogP contribution in [0.2, 0.25) is 0 Å². The van der Waals surface area contributed by atoms with E-state index in [2.05, 4.69) is 91.8 Å². The summed E-state index contributed by atoms with van der Waals surface area (Å²) in [5.41, 5.74) is 3.79. The van der Waals surface area contributed by atoms with Gasteiger partial charge in [0.2, 0.25) is 0 Å². The van der Waals surface area contributed by atoms with Crippen LogP contribution in [0.4, 0.5) is 0 Å². The smallest absolute Gasteiger partial charge is 0.182 e. The Morgan fingerprint density at radius 3 is 2.13 bits per heavy atom. The van der Waals surface area contributed by atoms with Gasteiger partial charge in [0, 0.05) is 15.9 Å². The maximum atomic E-state index is 10.6. The minimum absolute atomic E-state index is 0.0548. The van der Waals surface area contributed by atoms with Crippen molar-refractivity contribution in [1.82, 2.24) is 4.57 Å². The highest BCUT2D eigenvalue weighted by atomic mass is 31.0. The zero-order valence-electron chi connectivity index (χ0n) is 22.3. The number of rotatable bonds is 1. The van der Waals surface area contributed by atoms with E-state index in [-0.39, 0.29) is 16.9 Å². The summed E-state index contributed by atoms with van der Waals surface area (Å²) in [6.07, 6.45) is 0. The van der Waals surface area contributed by atoms with Crippen LogP contribution in [0.15, 0.2) is 115 Å². The van der Waals surface area contributed by atoms with Crippen LogP contribution < -0.4 is 0 Å². The van der Waals surface area contributed by atoms with Crippen molar-refractivity contribution in [2.45, 2.75) is 26.2 Å². The third-order valence-electron chi connectivity index (χ3n) is 7.25. The monoisotopic (exact) mass is 527 g/mol. The van der Waals surface area contributed by atoms with Gasteiger partial charge in [0.15, 0.2) is 11.5 Å². The van der Waals surface area contributed by atoms with Crippen LogP contribution in [-0.4, -0.2) is 14.8 Å². The molecule has 2 heterocycles. The summed E-state index contributed by atoms with van der Waals surface area (Å²) in [6, 6.07) is 37.0. The first kappa shape index (κ1) is 25.0. The number of para-hydroxylation sites is 2. The summed E-state index contributed by atoms with van der Waals surface area (Å²) in [6.45, 7) is 6.53. The van der Waals surface area contributed by atoms with Crippen molar-refractivity contribution in [3.8, 4) is 17.2 Å². The average Bonchev–Trinajstić information content (AvgIpc) is 3.30. The van der Waals surface area contributed by atoms with Crippen LogP contribution in [0.5, 0.6) is 11.5 Å². The molecule has 2 N–H and O–H groups in total. The van der Waals surface area contributed by atoms with E-state index in [1.165, 1.54) is 35.0 Å². The second-order valence-electron chi connectivity index (χ2n) is 10.8. The Kier molecular flexibility index (Phi) is 6.25. The molecule has 7 rings (SSSR count). The quantitative estimate of drug-likeness (QED) is 0.165. The number of benzene rings is 5. The normalized spacial score (nSPS) is 11.9. The van der Waals surface area contributed by atoms with E-state index < -0.39 is 0 Å². The molecule has 0 bridgehead atoms. The van der Waals surface area contributed by atoms with Gasteiger partial charge in [-0.25, -0.2) is 0 Å². The van der Waals surface area contributed by atoms with Crippen LogP contribution in [0, 0.1) is 0 Å². The molecule has 7 aromatic rings. The minimum atomic E-state index is -0.107. The van der Waals surface area contributed by atoms with Crippen molar-refractivity contribution in [2.75, 3.05) is 0 Å². The Balaban J connectivity index is 0.000000166. The molecule has 0 spiro atoms. The number of hydrogen-bond acceptors (Lipinski definition) is 2. The third-order valence-corrected chi connectivity index (χ3v) is 8.24. The lowest BCUT2D eigenvalue weighted by molar-refractivity contribution is 0.407. The van der Waals surface area contributed by atoms with Crippen LogP contribution in [0.25, 0.3) is 48.8 Å². The Labute approximate surface area is 229 Å². The molecule has 0 saturated carbocycles. The topological polar surface area (TPSA) is 45.4 Å². The first-order valence-electron chi connectivity index (χ1n) is 13.1. The molecule has 5 aromatic carbocycles. The molecule has 0 saturated heterocycles. The molecule has 0 aliphatic rings. The second kappa shape index (κ2) is 9.76. The predicted octanol–water partition coefficient (Wildman–Crippen LogP) is 10.1. The van der Waals surface area contributed by atoms with Gasteiger partial charge < -0.3 is 14.8 Å². The maximum absolute atomic E-state index is 10.6. The molecule has 0 atom stereocenters. The van der Waals surface area contributed by atoms with Gasteiger partial charge in [-0.3, -0.25) is 0 Å². The van der Waals surface area contributed by atoms with E-state index in [0.29, 0.717) is 5.52 Å². The zero-order valence-corrected chi connectivity index (χ0v) is 23.2. The molecule has 4 heteroatoms. The van der Waals surface area contributed by atoms with E-state index in [1.54, 1.807) is 6.07 Å². The van der Waals surface area contributed by atoms with Gasteiger partial charge in [0.25, 0.3) is 0 Å². The van der Waals surface area contributed by atoms with Crippen LogP contribution >= 0.6 is 8.19 Å². The van der Waals surface area contributed by atoms with Gasteiger partial charge in [0.05, 0.1) is 11.2 Å². The number of aromatic hydroxyl groups is 2. The standard InChI is InChI=1S/C22H21NO2.C13H9P/c1-22(2,3)16-9-5-7-11-18(16)23-17-10-6-4-8-14(17)15-12-13-19(24)21(25)20(15)23;1-2-5-11-10(4-1)7-8-13-12(11)6-3-9-14-13/h4-13,24-25H,1-3H3;1-9H. The molecule has 0 radical (unpaired) electrons. The van der Waals surface area contributed by atoms with E-state index >= 15 is 0 Å². The number of phenolic OH excluding ortho intramolecular Hbond substituents is 2. The van der Waals surface area contributed by atoms with Gasteiger partial charge in [-0.1, -0.05) is 108 Å². The van der Waals surface area contributed by atoms with E-state index in [0.717, 1.165) is 22.0 Å². The van der Waals surface area contributed by atoms with E-state index in [4.69, 9.17) is 0 Å². The zero-order chi connectivity index (χ0) is 27.1. The number of aromatic nitrogens is 1. The van der Waals surface area contributed by atoms with Crippen molar-refractivity contribution in [1.29, 1.82) is 0 Å². The van der Waals surface area contributed by atoms with Crippen molar-refractivity contribution in [3.63, 3.8) is 0 Å². The Bertz CT molecular complexity index is 1930. The Morgan fingerprint density at radius 1 is 0.615 bits per heavy atom. The van der Waals surface area contributed by atoms with E-state index in [1.807, 2.05) is 42.5 Å². The Hall–Kier alpha value is -4.33. The lowest BCUT2D eigenvalue weighted by Crippen LogP contribution is -2.15. The molecule has 0 fully saturated rings. The SMILES string of the molecule is CC(C)(C)c1ccccc1-n1c2ccccc2c2ccc(O)c(O)c21.c1ccc2c(c1)ccc1pcccc12. The van der Waals surface area contributed by atoms with Gasteiger partial charge >= 0.3 is 0 Å². The number of nitrogens with zero attached hydrogens (tertiary/aromatic N) is 1. The minimum Gasteiger partial charge on any atom is -0.504 e. The van der Waals surface area contributed by atoms with Gasteiger partial charge in [-0.15, -0.1) is 0 Å². The van der Waals surface area contributed by atoms with Crippen molar-refractivity contribution < 1.29 is 10.2 Å². The number of fused-ring (bicyclic) bond motifs is 6. The molecule has 0 aliphatic carbocycles.